The number of aryl methyl sites for hydroxylation is 2. The second kappa shape index (κ2) is 8.26. The van der Waals surface area contributed by atoms with Gasteiger partial charge >= 0.3 is 6.18 Å². The predicted octanol–water partition coefficient (Wildman–Crippen LogP) is 3.29. The summed E-state index contributed by atoms with van der Waals surface area (Å²) in [5, 5.41) is 13.3. The number of carboxylic acids is 1. The number of nitrogens with zero attached hydrogens (tertiary/aromatic N) is 3. The third kappa shape index (κ3) is 5.50. The molecule has 0 amide bonds. The van der Waals surface area contributed by atoms with Crippen LogP contribution >= 0.6 is 0 Å². The predicted molar refractivity (Wildman–Crippen MR) is 98.1 cm³/mol. The van der Waals surface area contributed by atoms with Gasteiger partial charge in [-0.25, -0.2) is 9.97 Å². The van der Waals surface area contributed by atoms with Gasteiger partial charge in [-0.05, 0) is 55.2 Å². The number of alkyl halides is 3. The van der Waals surface area contributed by atoms with Crippen molar-refractivity contribution in [3.63, 3.8) is 0 Å². The largest absolute Gasteiger partial charge is 0.550 e. The van der Waals surface area contributed by atoms with Crippen LogP contribution in [0.25, 0.3) is 11.1 Å². The van der Waals surface area contributed by atoms with Crippen molar-refractivity contribution < 1.29 is 23.1 Å². The summed E-state index contributed by atoms with van der Waals surface area (Å²) in [6, 6.07) is 9.74. The Labute approximate surface area is 164 Å². The summed E-state index contributed by atoms with van der Waals surface area (Å²) in [5.74, 6) is -1.30. The number of hydrogen-bond acceptors (Lipinski definition) is 6. The lowest BCUT2D eigenvalue weighted by Gasteiger charge is -2.11. The van der Waals surface area contributed by atoms with Gasteiger partial charge in [0, 0.05) is 35.3 Å². The Morgan fingerprint density at radius 2 is 1.90 bits per heavy atom. The first-order valence-corrected chi connectivity index (χ1v) is 8.65. The fourth-order valence-electron chi connectivity index (χ4n) is 2.70. The maximum absolute atomic E-state index is 12.8. The molecule has 3 aromatic rings. The van der Waals surface area contributed by atoms with Crippen LogP contribution < -0.4 is 10.4 Å². The fourth-order valence-corrected chi connectivity index (χ4v) is 2.70. The number of carbonyl (C=O) groups is 1. The van der Waals surface area contributed by atoms with E-state index >= 15 is 0 Å². The summed E-state index contributed by atoms with van der Waals surface area (Å²) in [5.41, 5.74) is 2.57. The first-order chi connectivity index (χ1) is 13.7. The maximum atomic E-state index is 12.8. The number of benzene rings is 1. The highest BCUT2D eigenvalue weighted by atomic mass is 19.4. The Bertz CT molecular complexity index is 1020. The van der Waals surface area contributed by atoms with Gasteiger partial charge in [-0.2, -0.15) is 13.2 Å². The van der Waals surface area contributed by atoms with Crippen LogP contribution in [0.15, 0.2) is 48.8 Å². The van der Waals surface area contributed by atoms with Gasteiger partial charge in [0.2, 0.25) is 5.95 Å². The first-order valence-electron chi connectivity index (χ1n) is 8.65. The van der Waals surface area contributed by atoms with E-state index in [4.69, 9.17) is 0 Å². The van der Waals surface area contributed by atoms with Crippen molar-refractivity contribution >= 4 is 17.6 Å². The van der Waals surface area contributed by atoms with Gasteiger partial charge in [0.25, 0.3) is 0 Å². The van der Waals surface area contributed by atoms with E-state index in [-0.39, 0.29) is 18.8 Å². The van der Waals surface area contributed by atoms with Crippen molar-refractivity contribution in [1.29, 1.82) is 0 Å². The van der Waals surface area contributed by atoms with E-state index in [1.165, 1.54) is 0 Å². The van der Waals surface area contributed by atoms with Crippen molar-refractivity contribution in [1.82, 2.24) is 15.0 Å². The molecule has 0 aliphatic rings. The summed E-state index contributed by atoms with van der Waals surface area (Å²) in [4.78, 5) is 22.1. The molecule has 0 spiro atoms. The number of rotatable bonds is 6. The second-order valence-electron chi connectivity index (χ2n) is 6.39. The summed E-state index contributed by atoms with van der Waals surface area (Å²) in [7, 11) is 0. The van der Waals surface area contributed by atoms with Crippen LogP contribution in [0.2, 0.25) is 0 Å². The van der Waals surface area contributed by atoms with E-state index in [2.05, 4.69) is 20.3 Å². The molecule has 0 saturated carbocycles. The quantitative estimate of drug-likeness (QED) is 0.682. The highest BCUT2D eigenvalue weighted by molar-refractivity contribution is 5.70. The molecule has 0 radical (unpaired) electrons. The topological polar surface area (TPSA) is 90.8 Å². The minimum Gasteiger partial charge on any atom is -0.550 e. The molecule has 2 aromatic heterocycles. The molecule has 9 heteroatoms. The minimum atomic E-state index is -4.55. The molecule has 0 fully saturated rings. The smallest absolute Gasteiger partial charge is 0.433 e. The number of pyridine rings is 1. The Morgan fingerprint density at radius 1 is 1.10 bits per heavy atom. The standard InChI is InChI=1S/C20H17F3N4O2/c1-12-8-14(13-2-3-15(25-11-13)4-5-18(28)29)10-16(9-12)26-19-24-7-6-17(27-19)20(21,22)23/h2-3,6-11H,4-5H2,1H3,(H,28,29)(H,24,26,27)/p-1. The van der Waals surface area contributed by atoms with Crippen LogP contribution in [-0.2, 0) is 17.4 Å². The summed E-state index contributed by atoms with van der Waals surface area (Å²) in [6.07, 6.45) is -1.73. The van der Waals surface area contributed by atoms with E-state index in [1.807, 2.05) is 13.0 Å². The zero-order chi connectivity index (χ0) is 21.0. The molecule has 0 bridgehead atoms. The zero-order valence-electron chi connectivity index (χ0n) is 15.3. The molecule has 0 atom stereocenters. The number of carboxylic acid groups (broad SMARTS) is 1. The van der Waals surface area contributed by atoms with E-state index < -0.39 is 17.8 Å². The third-order valence-electron chi connectivity index (χ3n) is 4.02. The van der Waals surface area contributed by atoms with Crippen LogP contribution in [0.3, 0.4) is 0 Å². The maximum Gasteiger partial charge on any atom is 0.433 e. The number of aromatic nitrogens is 3. The molecule has 6 nitrogen and oxygen atoms in total. The molecule has 2 heterocycles. The van der Waals surface area contributed by atoms with Gasteiger partial charge in [0.15, 0.2) is 0 Å². The lowest BCUT2D eigenvalue weighted by Crippen LogP contribution is -2.22. The number of hydrogen-bond donors (Lipinski definition) is 1. The van der Waals surface area contributed by atoms with Gasteiger partial charge < -0.3 is 15.2 Å². The molecule has 1 aromatic carbocycles. The van der Waals surface area contributed by atoms with Crippen LogP contribution in [-0.4, -0.2) is 20.9 Å². The summed E-state index contributed by atoms with van der Waals surface area (Å²) >= 11 is 0. The Morgan fingerprint density at radius 3 is 2.55 bits per heavy atom. The minimum absolute atomic E-state index is 0.109. The second-order valence-corrected chi connectivity index (χ2v) is 6.39. The first kappa shape index (κ1) is 20.2. The Hall–Kier alpha value is -3.49. The van der Waals surface area contributed by atoms with Crippen LogP contribution in [0, 0.1) is 6.92 Å². The van der Waals surface area contributed by atoms with Gasteiger partial charge in [-0.15, -0.1) is 0 Å². The SMILES string of the molecule is Cc1cc(Nc2nccc(C(F)(F)F)n2)cc(-c2ccc(CCC(=O)[O-])nc2)c1. The number of anilines is 2. The molecule has 29 heavy (non-hydrogen) atoms. The van der Waals surface area contributed by atoms with Crippen molar-refractivity contribution in [2.75, 3.05) is 5.32 Å². The highest BCUT2D eigenvalue weighted by Gasteiger charge is 2.32. The Kier molecular flexibility index (Phi) is 5.76. The monoisotopic (exact) mass is 401 g/mol. The summed E-state index contributed by atoms with van der Waals surface area (Å²) in [6.45, 7) is 1.85. The van der Waals surface area contributed by atoms with Crippen LogP contribution in [0.1, 0.15) is 23.4 Å². The van der Waals surface area contributed by atoms with Gasteiger partial charge in [-0.1, -0.05) is 12.1 Å². The highest BCUT2D eigenvalue weighted by Crippen LogP contribution is 2.29. The van der Waals surface area contributed by atoms with Gasteiger partial charge in [-0.3, -0.25) is 4.98 Å². The average Bonchev–Trinajstić information content (AvgIpc) is 2.66. The van der Waals surface area contributed by atoms with Crippen molar-refractivity contribution in [3.05, 3.63) is 65.7 Å². The van der Waals surface area contributed by atoms with Crippen molar-refractivity contribution in [3.8, 4) is 11.1 Å². The van der Waals surface area contributed by atoms with E-state index in [9.17, 15) is 23.1 Å². The van der Waals surface area contributed by atoms with E-state index in [0.717, 1.165) is 29.0 Å². The summed E-state index contributed by atoms with van der Waals surface area (Å²) < 4.78 is 38.5. The molecule has 0 saturated heterocycles. The fraction of sp³-hybridized carbons (Fsp3) is 0.200. The molecule has 0 aliphatic heterocycles. The molecule has 0 unspecified atom stereocenters. The third-order valence-corrected chi connectivity index (χ3v) is 4.02. The molecular weight excluding hydrogens is 385 g/mol. The lowest BCUT2D eigenvalue weighted by atomic mass is 10.0. The number of halogens is 3. The molecule has 3 rings (SSSR count). The van der Waals surface area contributed by atoms with Crippen molar-refractivity contribution in [2.24, 2.45) is 0 Å². The van der Waals surface area contributed by atoms with E-state index in [1.54, 1.807) is 30.5 Å². The van der Waals surface area contributed by atoms with Gasteiger partial charge in [0.1, 0.15) is 5.69 Å². The number of carbonyl (C=O) groups excluding carboxylic acids is 1. The van der Waals surface area contributed by atoms with Crippen LogP contribution in [0.4, 0.5) is 24.8 Å². The van der Waals surface area contributed by atoms with E-state index in [0.29, 0.717) is 11.4 Å². The van der Waals surface area contributed by atoms with Crippen LogP contribution in [0.5, 0.6) is 0 Å². The lowest BCUT2D eigenvalue weighted by molar-refractivity contribution is -0.305. The molecule has 1 N–H and O–H groups in total. The average molecular weight is 401 g/mol. The number of nitrogens with one attached hydrogen (secondary N) is 1. The van der Waals surface area contributed by atoms with Crippen molar-refractivity contribution in [2.45, 2.75) is 25.9 Å². The van der Waals surface area contributed by atoms with Gasteiger partial charge in [0.05, 0.1) is 0 Å². The normalized spacial score (nSPS) is 11.3. The zero-order valence-corrected chi connectivity index (χ0v) is 15.3. The molecular formula is C20H16F3N4O2-. The number of aliphatic carboxylic acids is 1. The molecule has 0 aliphatic carbocycles. The Balaban J connectivity index is 1.82. The molecule has 150 valence electrons.